The van der Waals surface area contributed by atoms with Crippen molar-refractivity contribution in [1.29, 1.82) is 0 Å². The fraction of sp³-hybridized carbons (Fsp3) is 0.105. The fourth-order valence-electron chi connectivity index (χ4n) is 2.68. The summed E-state index contributed by atoms with van der Waals surface area (Å²) in [6.07, 6.45) is 0. The molecule has 4 amide bonds. The van der Waals surface area contributed by atoms with Gasteiger partial charge in [-0.1, -0.05) is 12.6 Å². The first-order chi connectivity index (χ1) is 12.9. The third-order valence-electron chi connectivity index (χ3n) is 3.97. The van der Waals surface area contributed by atoms with E-state index in [1.165, 1.54) is 37.4 Å². The number of barbiturate groups is 1. The van der Waals surface area contributed by atoms with Gasteiger partial charge in [0, 0.05) is 11.4 Å². The van der Waals surface area contributed by atoms with Crippen molar-refractivity contribution in [1.82, 2.24) is 5.32 Å². The zero-order valence-corrected chi connectivity index (χ0v) is 14.4. The van der Waals surface area contributed by atoms with Gasteiger partial charge in [0.2, 0.25) is 5.91 Å². The van der Waals surface area contributed by atoms with Gasteiger partial charge in [-0.15, -0.1) is 0 Å². The largest absolute Gasteiger partial charge is 0.497 e. The molecule has 1 aliphatic heterocycles. The van der Waals surface area contributed by atoms with Crippen molar-refractivity contribution in [2.75, 3.05) is 17.3 Å². The van der Waals surface area contributed by atoms with E-state index in [0.717, 1.165) is 4.90 Å². The Morgan fingerprint density at radius 3 is 2.52 bits per heavy atom. The van der Waals surface area contributed by atoms with E-state index >= 15 is 0 Å². The predicted octanol–water partition coefficient (Wildman–Crippen LogP) is 2.66. The van der Waals surface area contributed by atoms with Gasteiger partial charge >= 0.3 is 6.03 Å². The van der Waals surface area contributed by atoms with E-state index in [9.17, 15) is 18.8 Å². The smallest absolute Gasteiger partial charge is 0.335 e. The van der Waals surface area contributed by atoms with E-state index in [-0.39, 0.29) is 11.4 Å². The molecule has 1 fully saturated rings. The number of carbonyl (C=O) groups excluding carboxylic acids is 3. The predicted molar refractivity (Wildman–Crippen MR) is 96.7 cm³/mol. The van der Waals surface area contributed by atoms with Crippen molar-refractivity contribution in [3.05, 3.63) is 66.6 Å². The number of benzene rings is 2. The number of nitrogens with zero attached hydrogens (tertiary/aromatic N) is 1. The number of amides is 4. The standard InChI is InChI=1S/C19H16FN3O4/c1-11(21-13-5-3-4-12(20)10-13)16-17(24)22-19(26)23(18(16)25)14-6-8-15(27-2)9-7-14/h3-10,16,21H,1H2,2H3,(H,22,24,26)/t16-/m1/s1. The Labute approximate surface area is 154 Å². The van der Waals surface area contributed by atoms with Crippen LogP contribution in [0.1, 0.15) is 0 Å². The molecular formula is C19H16FN3O4. The van der Waals surface area contributed by atoms with Gasteiger partial charge < -0.3 is 10.1 Å². The van der Waals surface area contributed by atoms with Gasteiger partial charge in [0.05, 0.1) is 12.8 Å². The number of methoxy groups -OCH3 is 1. The molecule has 0 bridgehead atoms. The number of hydrogen-bond acceptors (Lipinski definition) is 5. The number of nitrogens with one attached hydrogen (secondary N) is 2. The molecular weight excluding hydrogens is 353 g/mol. The maximum absolute atomic E-state index is 13.3. The average Bonchev–Trinajstić information content (AvgIpc) is 2.62. The van der Waals surface area contributed by atoms with E-state index in [0.29, 0.717) is 11.4 Å². The topological polar surface area (TPSA) is 87.7 Å². The number of anilines is 2. The first-order valence-electron chi connectivity index (χ1n) is 7.95. The molecule has 1 saturated heterocycles. The summed E-state index contributed by atoms with van der Waals surface area (Å²) >= 11 is 0. The molecule has 2 aromatic rings. The third kappa shape index (κ3) is 3.64. The molecule has 0 aliphatic carbocycles. The lowest BCUT2D eigenvalue weighted by Crippen LogP contribution is -2.59. The Balaban J connectivity index is 1.86. The molecule has 0 unspecified atom stereocenters. The second-order valence-electron chi connectivity index (χ2n) is 5.76. The first-order valence-corrected chi connectivity index (χ1v) is 7.95. The number of carbonyl (C=O) groups is 3. The second-order valence-corrected chi connectivity index (χ2v) is 5.76. The molecule has 138 valence electrons. The fourth-order valence-corrected chi connectivity index (χ4v) is 2.68. The van der Waals surface area contributed by atoms with Crippen molar-refractivity contribution in [3.8, 4) is 5.75 Å². The Hall–Kier alpha value is -3.68. The summed E-state index contributed by atoms with van der Waals surface area (Å²) in [5, 5.41) is 4.88. The quantitative estimate of drug-likeness (QED) is 0.791. The molecule has 2 aromatic carbocycles. The van der Waals surface area contributed by atoms with Gasteiger partial charge in [0.25, 0.3) is 5.91 Å². The van der Waals surface area contributed by atoms with E-state index in [4.69, 9.17) is 4.74 Å². The van der Waals surface area contributed by atoms with Crippen LogP contribution in [0.5, 0.6) is 5.75 Å². The van der Waals surface area contributed by atoms with Crippen molar-refractivity contribution in [2.24, 2.45) is 5.92 Å². The van der Waals surface area contributed by atoms with E-state index in [1.807, 2.05) is 0 Å². The van der Waals surface area contributed by atoms with Crippen LogP contribution in [0.3, 0.4) is 0 Å². The lowest BCUT2D eigenvalue weighted by Gasteiger charge is -2.31. The number of imide groups is 2. The van der Waals surface area contributed by atoms with Crippen LogP contribution in [0.4, 0.5) is 20.6 Å². The summed E-state index contributed by atoms with van der Waals surface area (Å²) in [7, 11) is 1.49. The monoisotopic (exact) mass is 369 g/mol. The van der Waals surface area contributed by atoms with E-state index in [2.05, 4.69) is 17.2 Å². The minimum absolute atomic E-state index is 0.0223. The zero-order valence-electron chi connectivity index (χ0n) is 14.4. The van der Waals surface area contributed by atoms with Crippen molar-refractivity contribution in [3.63, 3.8) is 0 Å². The van der Waals surface area contributed by atoms with Gasteiger partial charge in [-0.3, -0.25) is 14.9 Å². The summed E-state index contributed by atoms with van der Waals surface area (Å²) < 4.78 is 18.4. The van der Waals surface area contributed by atoms with Crippen molar-refractivity contribution in [2.45, 2.75) is 0 Å². The molecule has 8 heteroatoms. The first kappa shape index (κ1) is 18.1. The molecule has 7 nitrogen and oxygen atoms in total. The minimum Gasteiger partial charge on any atom is -0.497 e. The Bertz CT molecular complexity index is 927. The van der Waals surface area contributed by atoms with Crippen LogP contribution in [0.15, 0.2) is 60.8 Å². The van der Waals surface area contributed by atoms with Crippen molar-refractivity contribution >= 4 is 29.2 Å². The van der Waals surface area contributed by atoms with E-state index in [1.54, 1.807) is 18.2 Å². The number of halogens is 1. The minimum atomic E-state index is -1.35. The molecule has 1 atom stereocenters. The SMILES string of the molecule is C=C(Nc1cccc(F)c1)[C@@H]1C(=O)NC(=O)N(c2ccc(OC)cc2)C1=O. The molecule has 0 radical (unpaired) electrons. The Kier molecular flexibility index (Phi) is 4.89. The number of hydrogen-bond donors (Lipinski definition) is 2. The number of rotatable bonds is 5. The summed E-state index contributed by atoms with van der Waals surface area (Å²) in [6, 6.07) is 10.8. The molecule has 27 heavy (non-hydrogen) atoms. The van der Waals surface area contributed by atoms with Crippen LogP contribution < -0.4 is 20.3 Å². The van der Waals surface area contributed by atoms with Gasteiger partial charge in [-0.05, 0) is 42.5 Å². The third-order valence-corrected chi connectivity index (χ3v) is 3.97. The van der Waals surface area contributed by atoms with Gasteiger partial charge in [-0.25, -0.2) is 14.1 Å². The second kappa shape index (κ2) is 7.28. The molecule has 0 spiro atoms. The lowest BCUT2D eigenvalue weighted by molar-refractivity contribution is -0.132. The Morgan fingerprint density at radius 1 is 1.19 bits per heavy atom. The summed E-state index contributed by atoms with van der Waals surface area (Å²) in [5.74, 6) is -2.85. The van der Waals surface area contributed by atoms with Crippen LogP contribution in [-0.4, -0.2) is 25.0 Å². The van der Waals surface area contributed by atoms with Crippen LogP contribution in [0.2, 0.25) is 0 Å². The van der Waals surface area contributed by atoms with Crippen molar-refractivity contribution < 1.29 is 23.5 Å². The summed E-state index contributed by atoms with van der Waals surface area (Å²) in [5.41, 5.74) is 0.622. The normalized spacial score (nSPS) is 16.7. The highest BCUT2D eigenvalue weighted by Crippen LogP contribution is 2.26. The highest BCUT2D eigenvalue weighted by molar-refractivity contribution is 6.28. The van der Waals surface area contributed by atoms with Gasteiger partial charge in [0.15, 0.2) is 5.92 Å². The van der Waals surface area contributed by atoms with E-state index < -0.39 is 29.6 Å². The molecule has 1 aliphatic rings. The molecule has 1 heterocycles. The maximum atomic E-state index is 13.3. The summed E-state index contributed by atoms with van der Waals surface area (Å²) in [4.78, 5) is 38.1. The highest BCUT2D eigenvalue weighted by atomic mass is 19.1. The number of ether oxygens (including phenoxy) is 1. The number of urea groups is 1. The van der Waals surface area contributed by atoms with Crippen LogP contribution in [-0.2, 0) is 9.59 Å². The zero-order chi connectivity index (χ0) is 19.6. The Morgan fingerprint density at radius 2 is 1.89 bits per heavy atom. The molecule has 2 N–H and O–H groups in total. The van der Waals surface area contributed by atoms with Crippen LogP contribution >= 0.6 is 0 Å². The highest BCUT2D eigenvalue weighted by Gasteiger charge is 2.43. The lowest BCUT2D eigenvalue weighted by atomic mass is 10.0. The van der Waals surface area contributed by atoms with Crippen LogP contribution in [0, 0.1) is 11.7 Å². The average molecular weight is 369 g/mol. The molecule has 0 aromatic heterocycles. The summed E-state index contributed by atoms with van der Waals surface area (Å²) in [6.45, 7) is 3.71. The molecule has 0 saturated carbocycles. The van der Waals surface area contributed by atoms with Gasteiger partial charge in [-0.2, -0.15) is 0 Å². The van der Waals surface area contributed by atoms with Gasteiger partial charge in [0.1, 0.15) is 11.6 Å². The van der Waals surface area contributed by atoms with Crippen LogP contribution in [0.25, 0.3) is 0 Å². The maximum Gasteiger partial charge on any atom is 0.335 e. The molecule has 3 rings (SSSR count).